The van der Waals surface area contributed by atoms with Crippen LogP contribution in [0.3, 0.4) is 0 Å². The van der Waals surface area contributed by atoms with Gasteiger partial charge in [-0.15, -0.1) is 0 Å². The van der Waals surface area contributed by atoms with Gasteiger partial charge in [-0.2, -0.15) is 0 Å². The fourth-order valence-electron chi connectivity index (χ4n) is 2.26. The Morgan fingerprint density at radius 3 is 2.45 bits per heavy atom. The van der Waals surface area contributed by atoms with Crippen molar-refractivity contribution in [1.82, 2.24) is 5.32 Å². The summed E-state index contributed by atoms with van der Waals surface area (Å²) >= 11 is 0. The Balaban J connectivity index is 2.08. The zero-order chi connectivity index (χ0) is 14.5. The predicted octanol–water partition coefficient (Wildman–Crippen LogP) is 2.52. The van der Waals surface area contributed by atoms with Crippen molar-refractivity contribution in [2.24, 2.45) is 5.92 Å². The van der Waals surface area contributed by atoms with Gasteiger partial charge >= 0.3 is 5.97 Å². The summed E-state index contributed by atoms with van der Waals surface area (Å²) in [7, 11) is 1.36. The molecule has 1 fully saturated rings. The minimum absolute atomic E-state index is 0.0470. The van der Waals surface area contributed by atoms with Gasteiger partial charge < -0.3 is 10.1 Å². The molecule has 0 heterocycles. The summed E-state index contributed by atoms with van der Waals surface area (Å²) in [5.74, 6) is -0.157. The van der Waals surface area contributed by atoms with Crippen LogP contribution in [0, 0.1) is 12.8 Å². The Kier molecular flexibility index (Phi) is 4.77. The van der Waals surface area contributed by atoms with E-state index in [1.165, 1.54) is 7.11 Å². The maximum absolute atomic E-state index is 12.1. The molecular formula is C16H21NO3. The van der Waals surface area contributed by atoms with Gasteiger partial charge in [-0.05, 0) is 25.3 Å². The maximum Gasteiger partial charge on any atom is 0.307 e. The van der Waals surface area contributed by atoms with Crippen molar-refractivity contribution in [3.63, 3.8) is 0 Å². The Morgan fingerprint density at radius 1 is 1.30 bits per heavy atom. The molecule has 4 nitrogen and oxygen atoms in total. The molecule has 1 aliphatic carbocycles. The maximum atomic E-state index is 12.1. The molecule has 20 heavy (non-hydrogen) atoms. The first kappa shape index (κ1) is 14.6. The second-order valence-corrected chi connectivity index (χ2v) is 5.38. The largest absolute Gasteiger partial charge is 0.469 e. The summed E-state index contributed by atoms with van der Waals surface area (Å²) in [6.07, 6.45) is 3.18. The molecule has 0 aliphatic heterocycles. The number of hydrogen-bond acceptors (Lipinski definition) is 3. The van der Waals surface area contributed by atoms with Crippen LogP contribution in [0.25, 0.3) is 0 Å². The first-order valence-corrected chi connectivity index (χ1v) is 7.04. The highest BCUT2D eigenvalue weighted by Gasteiger charge is 2.28. The van der Waals surface area contributed by atoms with Crippen LogP contribution in [-0.2, 0) is 14.3 Å². The van der Waals surface area contributed by atoms with Crippen molar-refractivity contribution in [2.45, 2.75) is 38.6 Å². The smallest absolute Gasteiger partial charge is 0.307 e. The van der Waals surface area contributed by atoms with E-state index in [1.807, 2.05) is 31.2 Å². The van der Waals surface area contributed by atoms with Crippen LogP contribution >= 0.6 is 0 Å². The number of aryl methyl sites for hydroxylation is 1. The summed E-state index contributed by atoms with van der Waals surface area (Å²) in [6.45, 7) is 2.01. The molecule has 1 aromatic carbocycles. The highest BCUT2D eigenvalue weighted by atomic mass is 16.5. The minimum atomic E-state index is -0.315. The molecule has 0 aromatic heterocycles. The average Bonchev–Trinajstić information content (AvgIpc) is 2.36. The van der Waals surface area contributed by atoms with Crippen molar-refractivity contribution >= 4 is 11.9 Å². The van der Waals surface area contributed by atoms with E-state index >= 15 is 0 Å². The zero-order valence-electron chi connectivity index (χ0n) is 12.0. The molecule has 1 saturated carbocycles. The topological polar surface area (TPSA) is 55.4 Å². The van der Waals surface area contributed by atoms with E-state index in [9.17, 15) is 9.59 Å². The standard InChI is InChI=1S/C16H21NO3/c1-11-6-8-12(9-7-11)14(10-15(18)20-2)17-16(19)13-4-3-5-13/h6-9,13-14H,3-5,10H2,1-2H3,(H,17,19)/t14-/m1/s1. The van der Waals surface area contributed by atoms with Gasteiger partial charge in [0.05, 0.1) is 19.6 Å². The number of ether oxygens (including phenoxy) is 1. The van der Waals surface area contributed by atoms with Crippen LogP contribution in [-0.4, -0.2) is 19.0 Å². The third-order valence-electron chi connectivity index (χ3n) is 3.87. The summed E-state index contributed by atoms with van der Waals surface area (Å²) in [5.41, 5.74) is 2.09. The molecule has 0 saturated heterocycles. The van der Waals surface area contributed by atoms with E-state index in [2.05, 4.69) is 5.32 Å². The van der Waals surface area contributed by atoms with Gasteiger partial charge in [0.2, 0.25) is 5.91 Å². The molecule has 108 valence electrons. The second-order valence-electron chi connectivity index (χ2n) is 5.38. The number of hydrogen-bond donors (Lipinski definition) is 1. The Hall–Kier alpha value is -1.84. The molecule has 1 aromatic rings. The Bertz CT molecular complexity index is 477. The quantitative estimate of drug-likeness (QED) is 0.840. The van der Waals surface area contributed by atoms with E-state index in [1.54, 1.807) is 0 Å². The predicted molar refractivity (Wildman–Crippen MR) is 76.0 cm³/mol. The summed E-state index contributed by atoms with van der Waals surface area (Å²) in [5, 5.41) is 2.98. The van der Waals surface area contributed by atoms with Crippen LogP contribution < -0.4 is 5.32 Å². The first-order valence-electron chi connectivity index (χ1n) is 7.04. The normalized spacial score (nSPS) is 16.1. The van der Waals surface area contributed by atoms with Crippen molar-refractivity contribution in [3.05, 3.63) is 35.4 Å². The first-order chi connectivity index (χ1) is 9.60. The summed E-state index contributed by atoms with van der Waals surface area (Å²) in [6, 6.07) is 7.55. The van der Waals surface area contributed by atoms with Crippen LogP contribution in [0.15, 0.2) is 24.3 Å². The van der Waals surface area contributed by atoms with Gasteiger partial charge in [-0.25, -0.2) is 0 Å². The summed E-state index contributed by atoms with van der Waals surface area (Å²) < 4.78 is 4.72. The number of rotatable bonds is 5. The SMILES string of the molecule is COC(=O)C[C@@H](NC(=O)C1CCC1)c1ccc(C)cc1. The summed E-state index contributed by atoms with van der Waals surface area (Å²) in [4.78, 5) is 23.6. The highest BCUT2D eigenvalue weighted by Crippen LogP contribution is 2.28. The number of methoxy groups -OCH3 is 1. The van der Waals surface area contributed by atoms with E-state index in [4.69, 9.17) is 4.74 Å². The average molecular weight is 275 g/mol. The van der Waals surface area contributed by atoms with Crippen molar-refractivity contribution in [2.75, 3.05) is 7.11 Å². The zero-order valence-corrected chi connectivity index (χ0v) is 12.0. The molecule has 4 heteroatoms. The van der Waals surface area contributed by atoms with Gasteiger partial charge in [0.1, 0.15) is 0 Å². The molecule has 0 radical (unpaired) electrons. The van der Waals surface area contributed by atoms with Crippen LogP contribution in [0.4, 0.5) is 0 Å². The fourth-order valence-corrected chi connectivity index (χ4v) is 2.26. The number of nitrogens with one attached hydrogen (secondary N) is 1. The molecule has 1 amide bonds. The number of benzene rings is 1. The van der Waals surface area contributed by atoms with Gasteiger partial charge in [0.25, 0.3) is 0 Å². The molecule has 2 rings (SSSR count). The molecule has 0 unspecified atom stereocenters. The lowest BCUT2D eigenvalue weighted by atomic mass is 9.84. The molecular weight excluding hydrogens is 254 g/mol. The minimum Gasteiger partial charge on any atom is -0.469 e. The number of amides is 1. The highest BCUT2D eigenvalue weighted by molar-refractivity contribution is 5.80. The van der Waals surface area contributed by atoms with Gasteiger partial charge in [-0.1, -0.05) is 36.2 Å². The van der Waals surface area contributed by atoms with Crippen molar-refractivity contribution in [3.8, 4) is 0 Å². The van der Waals surface area contributed by atoms with Crippen LogP contribution in [0.1, 0.15) is 42.9 Å². The van der Waals surface area contributed by atoms with Gasteiger partial charge in [-0.3, -0.25) is 9.59 Å². The van der Waals surface area contributed by atoms with E-state index < -0.39 is 0 Å². The van der Waals surface area contributed by atoms with Gasteiger partial charge in [0, 0.05) is 5.92 Å². The third-order valence-corrected chi connectivity index (χ3v) is 3.87. The molecule has 1 aliphatic rings. The van der Waals surface area contributed by atoms with Crippen molar-refractivity contribution in [1.29, 1.82) is 0 Å². The fraction of sp³-hybridized carbons (Fsp3) is 0.500. The Labute approximate surface area is 119 Å². The number of esters is 1. The van der Waals surface area contributed by atoms with E-state index in [0.29, 0.717) is 0 Å². The van der Waals surface area contributed by atoms with E-state index in [0.717, 1.165) is 30.4 Å². The lowest BCUT2D eigenvalue weighted by Gasteiger charge is -2.27. The van der Waals surface area contributed by atoms with Gasteiger partial charge in [0.15, 0.2) is 0 Å². The van der Waals surface area contributed by atoms with Crippen LogP contribution in [0.5, 0.6) is 0 Å². The lowest BCUT2D eigenvalue weighted by molar-refractivity contribution is -0.141. The lowest BCUT2D eigenvalue weighted by Crippen LogP contribution is -2.37. The van der Waals surface area contributed by atoms with Crippen molar-refractivity contribution < 1.29 is 14.3 Å². The molecule has 0 bridgehead atoms. The third kappa shape index (κ3) is 3.59. The molecule has 1 N–H and O–H groups in total. The Morgan fingerprint density at radius 2 is 1.95 bits per heavy atom. The molecule has 0 spiro atoms. The number of carbonyl (C=O) groups excluding carboxylic acids is 2. The number of carbonyl (C=O) groups is 2. The monoisotopic (exact) mass is 275 g/mol. The van der Waals surface area contributed by atoms with E-state index in [-0.39, 0.29) is 30.3 Å². The van der Waals surface area contributed by atoms with Crippen LogP contribution in [0.2, 0.25) is 0 Å². The molecule has 1 atom stereocenters. The second kappa shape index (κ2) is 6.55.